The second kappa shape index (κ2) is 12.1. The zero-order valence-corrected chi connectivity index (χ0v) is 23.1. The topological polar surface area (TPSA) is 127 Å². The molecule has 0 saturated heterocycles. The molecule has 0 radical (unpaired) electrons. The molecule has 212 valence electrons. The Morgan fingerprint density at radius 1 is 1.15 bits per heavy atom. The van der Waals surface area contributed by atoms with Crippen molar-refractivity contribution in [2.24, 2.45) is 0 Å². The number of hydrogen-bond acceptors (Lipinski definition) is 9. The molecule has 2 heterocycles. The Balaban J connectivity index is 1.51. The van der Waals surface area contributed by atoms with Gasteiger partial charge in [-0.3, -0.25) is 4.79 Å². The van der Waals surface area contributed by atoms with Gasteiger partial charge in [0.1, 0.15) is 17.1 Å². The van der Waals surface area contributed by atoms with Crippen molar-refractivity contribution in [2.45, 2.75) is 38.8 Å². The van der Waals surface area contributed by atoms with E-state index in [1.807, 2.05) is 26.8 Å². The minimum Gasteiger partial charge on any atom is -0.493 e. The summed E-state index contributed by atoms with van der Waals surface area (Å²) in [6.07, 6.45) is 1.20. The first-order chi connectivity index (χ1) is 19.0. The van der Waals surface area contributed by atoms with Crippen molar-refractivity contribution in [2.75, 3.05) is 37.9 Å². The SMILES string of the molecule is CNC(=O)COc1cccc(Nc2ncc(F)c(Nc3ccc4c(c3)C(N(C)C(=O)OC(C)(C)C)CCO4)n2)c1. The second-order valence-corrected chi connectivity index (χ2v) is 10.1. The van der Waals surface area contributed by atoms with Crippen LogP contribution in [-0.4, -0.2) is 59.8 Å². The number of halogens is 1. The molecule has 1 atom stereocenters. The Morgan fingerprint density at radius 2 is 1.93 bits per heavy atom. The van der Waals surface area contributed by atoms with E-state index in [-0.39, 0.29) is 30.3 Å². The molecule has 2 aromatic carbocycles. The largest absolute Gasteiger partial charge is 0.493 e. The molecule has 0 spiro atoms. The maximum atomic E-state index is 14.7. The lowest BCUT2D eigenvalue weighted by Crippen LogP contribution is -2.38. The summed E-state index contributed by atoms with van der Waals surface area (Å²) in [7, 11) is 3.22. The van der Waals surface area contributed by atoms with Gasteiger partial charge in [0.2, 0.25) is 5.95 Å². The molecule has 4 rings (SSSR count). The van der Waals surface area contributed by atoms with Crippen LogP contribution in [0.2, 0.25) is 0 Å². The zero-order chi connectivity index (χ0) is 28.9. The Bertz CT molecular complexity index is 1380. The highest BCUT2D eigenvalue weighted by Gasteiger charge is 2.31. The van der Waals surface area contributed by atoms with Gasteiger partial charge in [-0.1, -0.05) is 6.07 Å². The van der Waals surface area contributed by atoms with Crippen LogP contribution in [-0.2, 0) is 9.53 Å². The number of fused-ring (bicyclic) bond motifs is 1. The summed E-state index contributed by atoms with van der Waals surface area (Å²) in [5.74, 6) is 0.309. The standard InChI is InChI=1S/C28H33FN6O5/c1-28(2,3)40-27(37)35(5)22-11-12-38-23-10-9-18(14-20(22)23)32-25-21(29)15-31-26(34-25)33-17-7-6-8-19(13-17)39-16-24(36)30-4/h6-10,13-15,22H,11-12,16H2,1-5H3,(H,30,36)(H2,31,32,33,34). The number of nitrogens with zero attached hydrogens (tertiary/aromatic N) is 3. The van der Waals surface area contributed by atoms with Crippen LogP contribution < -0.4 is 25.4 Å². The van der Waals surface area contributed by atoms with Crippen molar-refractivity contribution >= 4 is 35.1 Å². The first kappa shape index (κ1) is 28.4. The number of hydrogen-bond donors (Lipinski definition) is 3. The summed E-state index contributed by atoms with van der Waals surface area (Å²) >= 11 is 0. The van der Waals surface area contributed by atoms with E-state index in [9.17, 15) is 14.0 Å². The minimum atomic E-state index is -0.649. The van der Waals surface area contributed by atoms with Crippen molar-refractivity contribution in [1.29, 1.82) is 0 Å². The third-order valence-corrected chi connectivity index (χ3v) is 5.91. The van der Waals surface area contributed by atoms with E-state index >= 15 is 0 Å². The average molecular weight is 553 g/mol. The molecule has 3 N–H and O–H groups in total. The van der Waals surface area contributed by atoms with Crippen molar-refractivity contribution in [3.05, 3.63) is 60.0 Å². The molecular weight excluding hydrogens is 519 g/mol. The number of anilines is 4. The fourth-order valence-electron chi connectivity index (χ4n) is 3.98. The van der Waals surface area contributed by atoms with Crippen LogP contribution in [0.25, 0.3) is 0 Å². The van der Waals surface area contributed by atoms with E-state index in [4.69, 9.17) is 14.2 Å². The van der Waals surface area contributed by atoms with Gasteiger partial charge in [0.15, 0.2) is 18.2 Å². The number of carbonyl (C=O) groups is 2. The van der Waals surface area contributed by atoms with E-state index in [0.717, 1.165) is 11.8 Å². The summed E-state index contributed by atoms with van der Waals surface area (Å²) < 4.78 is 31.5. The van der Waals surface area contributed by atoms with Crippen molar-refractivity contribution < 1.29 is 28.2 Å². The Labute approximate surface area is 232 Å². The third kappa shape index (κ3) is 7.28. The van der Waals surface area contributed by atoms with Crippen LogP contribution in [0, 0.1) is 5.82 Å². The first-order valence-corrected chi connectivity index (χ1v) is 12.7. The quantitative estimate of drug-likeness (QED) is 0.357. The van der Waals surface area contributed by atoms with Gasteiger partial charge in [-0.2, -0.15) is 4.98 Å². The highest BCUT2D eigenvalue weighted by molar-refractivity contribution is 5.77. The molecule has 0 fully saturated rings. The van der Waals surface area contributed by atoms with E-state index in [1.165, 1.54) is 7.05 Å². The molecule has 3 aromatic rings. The Morgan fingerprint density at radius 3 is 2.67 bits per heavy atom. The van der Waals surface area contributed by atoms with Crippen LogP contribution in [0.15, 0.2) is 48.7 Å². The smallest absolute Gasteiger partial charge is 0.410 e. The summed E-state index contributed by atoms with van der Waals surface area (Å²) in [5, 5.41) is 8.50. The summed E-state index contributed by atoms with van der Waals surface area (Å²) in [5.41, 5.74) is 1.29. The van der Waals surface area contributed by atoms with Crippen LogP contribution in [0.3, 0.4) is 0 Å². The Kier molecular flexibility index (Phi) is 8.56. The number of benzene rings is 2. The maximum absolute atomic E-state index is 14.7. The number of nitrogens with one attached hydrogen (secondary N) is 3. The van der Waals surface area contributed by atoms with Crippen molar-refractivity contribution in [3.8, 4) is 11.5 Å². The first-order valence-electron chi connectivity index (χ1n) is 12.7. The van der Waals surface area contributed by atoms with Gasteiger partial charge in [0, 0.05) is 43.5 Å². The number of amides is 2. The lowest BCUT2D eigenvalue weighted by Gasteiger charge is -2.34. The van der Waals surface area contributed by atoms with E-state index < -0.39 is 17.5 Å². The van der Waals surface area contributed by atoms with Crippen LogP contribution in [0.1, 0.15) is 38.8 Å². The molecule has 1 unspecified atom stereocenters. The van der Waals surface area contributed by atoms with E-state index in [0.29, 0.717) is 35.9 Å². The van der Waals surface area contributed by atoms with Gasteiger partial charge >= 0.3 is 6.09 Å². The fourth-order valence-corrected chi connectivity index (χ4v) is 3.98. The predicted molar refractivity (Wildman–Crippen MR) is 148 cm³/mol. The molecule has 0 aliphatic carbocycles. The molecule has 1 aliphatic heterocycles. The van der Waals surface area contributed by atoms with Gasteiger partial charge in [0.25, 0.3) is 5.91 Å². The number of aromatic nitrogens is 2. The Hall–Kier alpha value is -4.61. The molecule has 11 nitrogen and oxygen atoms in total. The fraction of sp³-hybridized carbons (Fsp3) is 0.357. The van der Waals surface area contributed by atoms with Gasteiger partial charge in [0.05, 0.1) is 18.8 Å². The van der Waals surface area contributed by atoms with Gasteiger partial charge in [-0.15, -0.1) is 0 Å². The van der Waals surface area contributed by atoms with Gasteiger partial charge < -0.3 is 35.1 Å². The molecule has 40 heavy (non-hydrogen) atoms. The lowest BCUT2D eigenvalue weighted by atomic mass is 9.99. The lowest BCUT2D eigenvalue weighted by molar-refractivity contribution is -0.122. The molecule has 0 saturated carbocycles. The van der Waals surface area contributed by atoms with Gasteiger partial charge in [-0.25, -0.2) is 14.2 Å². The molecule has 12 heteroatoms. The number of rotatable bonds is 8. The second-order valence-electron chi connectivity index (χ2n) is 10.1. The highest BCUT2D eigenvalue weighted by atomic mass is 19.1. The molecule has 1 aliphatic rings. The number of ether oxygens (including phenoxy) is 3. The average Bonchev–Trinajstić information content (AvgIpc) is 2.92. The number of likely N-dealkylation sites (N-methyl/N-ethyl adjacent to an activating group) is 1. The maximum Gasteiger partial charge on any atom is 0.410 e. The molecular formula is C28H33FN6O5. The van der Waals surface area contributed by atoms with Crippen LogP contribution in [0.5, 0.6) is 11.5 Å². The van der Waals surface area contributed by atoms with Crippen molar-refractivity contribution in [1.82, 2.24) is 20.2 Å². The minimum absolute atomic E-state index is 0.0433. The monoisotopic (exact) mass is 552 g/mol. The number of carbonyl (C=O) groups excluding carboxylic acids is 2. The summed E-state index contributed by atoms with van der Waals surface area (Å²) in [6.45, 7) is 5.77. The third-order valence-electron chi connectivity index (χ3n) is 5.91. The summed E-state index contributed by atoms with van der Waals surface area (Å²) in [6, 6.07) is 11.9. The zero-order valence-electron chi connectivity index (χ0n) is 23.1. The molecule has 2 amide bonds. The highest BCUT2D eigenvalue weighted by Crippen LogP contribution is 2.38. The predicted octanol–water partition coefficient (Wildman–Crippen LogP) is 4.92. The normalized spacial score (nSPS) is 14.3. The van der Waals surface area contributed by atoms with Crippen LogP contribution in [0.4, 0.5) is 32.3 Å². The van der Waals surface area contributed by atoms with Crippen LogP contribution >= 0.6 is 0 Å². The van der Waals surface area contributed by atoms with Crippen molar-refractivity contribution in [3.63, 3.8) is 0 Å². The van der Waals surface area contributed by atoms with E-state index in [2.05, 4.69) is 25.9 Å². The molecule has 0 bridgehead atoms. The van der Waals surface area contributed by atoms with Gasteiger partial charge in [-0.05, 0) is 51.1 Å². The summed E-state index contributed by atoms with van der Waals surface area (Å²) in [4.78, 5) is 34.0. The van der Waals surface area contributed by atoms with E-state index in [1.54, 1.807) is 48.3 Å². The molecule has 1 aromatic heterocycles.